The molecule has 1 N–H and O–H groups in total. The lowest BCUT2D eigenvalue weighted by atomic mass is 10.2. The fraction of sp³-hybridized carbons (Fsp3) is 0.133. The minimum Gasteiger partial charge on any atom is -0.465 e. The molecule has 0 saturated heterocycles. The average molecular weight is 315 g/mol. The normalized spacial score (nSPS) is 9.78. The molecule has 0 aliphatic rings. The lowest BCUT2D eigenvalue weighted by Crippen LogP contribution is -2.22. The van der Waals surface area contributed by atoms with E-state index in [1.807, 2.05) is 0 Å². The number of aromatic nitrogens is 2. The summed E-state index contributed by atoms with van der Waals surface area (Å²) >= 11 is 0. The first kappa shape index (κ1) is 16.1. The lowest BCUT2D eigenvalue weighted by Gasteiger charge is -2.09. The monoisotopic (exact) mass is 315 g/mol. The van der Waals surface area contributed by atoms with Gasteiger partial charge in [0.05, 0.1) is 24.6 Å². The summed E-state index contributed by atoms with van der Waals surface area (Å²) in [6.07, 6.45) is 3.98. The van der Waals surface area contributed by atoms with E-state index in [1.165, 1.54) is 37.8 Å². The molecule has 2 aromatic rings. The maximum absolute atomic E-state index is 11.8. The fourth-order valence-electron chi connectivity index (χ4n) is 1.68. The molecule has 0 unspecified atom stereocenters. The second-order valence-electron chi connectivity index (χ2n) is 4.25. The molecule has 0 saturated carbocycles. The number of para-hydroxylation sites is 1. The third-order valence-electron chi connectivity index (χ3n) is 2.71. The number of rotatable bonds is 5. The quantitative estimate of drug-likeness (QED) is 0.822. The standard InChI is InChI=1S/C15H13N3O5/c1-22-14(20)10-4-2-3-5-11(10)18-13(19)9-23-15(21)12-8-16-6-7-17-12/h2-8H,9H2,1H3,(H,18,19). The number of ether oxygens (including phenoxy) is 2. The van der Waals surface area contributed by atoms with Crippen molar-refractivity contribution in [2.45, 2.75) is 0 Å². The second-order valence-corrected chi connectivity index (χ2v) is 4.25. The Labute approximate surface area is 131 Å². The predicted molar refractivity (Wildman–Crippen MR) is 78.7 cm³/mol. The van der Waals surface area contributed by atoms with E-state index in [1.54, 1.807) is 12.1 Å². The molecule has 1 aromatic carbocycles. The number of nitrogens with one attached hydrogen (secondary N) is 1. The van der Waals surface area contributed by atoms with Crippen LogP contribution in [0.2, 0.25) is 0 Å². The molecule has 8 nitrogen and oxygen atoms in total. The van der Waals surface area contributed by atoms with Crippen molar-refractivity contribution < 1.29 is 23.9 Å². The van der Waals surface area contributed by atoms with Gasteiger partial charge in [0.2, 0.25) is 0 Å². The Morgan fingerprint density at radius 2 is 1.91 bits per heavy atom. The Morgan fingerprint density at radius 3 is 2.61 bits per heavy atom. The van der Waals surface area contributed by atoms with Crippen LogP contribution in [0.4, 0.5) is 5.69 Å². The molecule has 0 radical (unpaired) electrons. The zero-order valence-corrected chi connectivity index (χ0v) is 12.2. The van der Waals surface area contributed by atoms with E-state index >= 15 is 0 Å². The van der Waals surface area contributed by atoms with Crippen LogP contribution >= 0.6 is 0 Å². The van der Waals surface area contributed by atoms with Crippen LogP contribution in [0.15, 0.2) is 42.9 Å². The van der Waals surface area contributed by atoms with E-state index in [4.69, 9.17) is 4.74 Å². The van der Waals surface area contributed by atoms with Crippen molar-refractivity contribution in [1.29, 1.82) is 0 Å². The van der Waals surface area contributed by atoms with Gasteiger partial charge >= 0.3 is 11.9 Å². The van der Waals surface area contributed by atoms with Crippen LogP contribution in [0.1, 0.15) is 20.8 Å². The maximum atomic E-state index is 11.8. The van der Waals surface area contributed by atoms with Crippen LogP contribution in [0.25, 0.3) is 0 Å². The van der Waals surface area contributed by atoms with E-state index in [9.17, 15) is 14.4 Å². The highest BCUT2D eigenvalue weighted by molar-refractivity contribution is 6.02. The molecule has 1 aromatic heterocycles. The van der Waals surface area contributed by atoms with Crippen molar-refractivity contribution in [3.63, 3.8) is 0 Å². The van der Waals surface area contributed by atoms with Gasteiger partial charge < -0.3 is 14.8 Å². The van der Waals surface area contributed by atoms with Crippen molar-refractivity contribution >= 4 is 23.5 Å². The molecule has 0 atom stereocenters. The van der Waals surface area contributed by atoms with Crippen LogP contribution < -0.4 is 5.32 Å². The Morgan fingerprint density at radius 1 is 1.13 bits per heavy atom. The van der Waals surface area contributed by atoms with E-state index in [2.05, 4.69) is 20.0 Å². The van der Waals surface area contributed by atoms with E-state index < -0.39 is 24.5 Å². The van der Waals surface area contributed by atoms with Gasteiger partial charge in [-0.3, -0.25) is 9.78 Å². The van der Waals surface area contributed by atoms with Gasteiger partial charge in [0.15, 0.2) is 12.3 Å². The van der Waals surface area contributed by atoms with Gasteiger partial charge in [0, 0.05) is 12.4 Å². The van der Waals surface area contributed by atoms with Crippen LogP contribution in [0, 0.1) is 0 Å². The summed E-state index contributed by atoms with van der Waals surface area (Å²) < 4.78 is 9.44. The molecule has 0 aliphatic carbocycles. The summed E-state index contributed by atoms with van der Waals surface area (Å²) in [5, 5.41) is 2.48. The highest BCUT2D eigenvalue weighted by Crippen LogP contribution is 2.15. The number of carbonyl (C=O) groups excluding carboxylic acids is 3. The summed E-state index contributed by atoms with van der Waals surface area (Å²) in [6, 6.07) is 6.32. The summed E-state index contributed by atoms with van der Waals surface area (Å²) in [5.41, 5.74) is 0.457. The van der Waals surface area contributed by atoms with Crippen molar-refractivity contribution in [2.24, 2.45) is 0 Å². The highest BCUT2D eigenvalue weighted by atomic mass is 16.5. The van der Waals surface area contributed by atoms with Gasteiger partial charge in [-0.25, -0.2) is 14.6 Å². The SMILES string of the molecule is COC(=O)c1ccccc1NC(=O)COC(=O)c1cnccn1. The topological polar surface area (TPSA) is 107 Å². The molecule has 0 aliphatic heterocycles. The molecule has 23 heavy (non-hydrogen) atoms. The van der Waals surface area contributed by atoms with E-state index in [-0.39, 0.29) is 16.9 Å². The number of amides is 1. The Hall–Kier alpha value is -3.29. The van der Waals surface area contributed by atoms with E-state index in [0.29, 0.717) is 0 Å². The second kappa shape index (κ2) is 7.64. The lowest BCUT2D eigenvalue weighted by molar-refractivity contribution is -0.119. The first-order chi connectivity index (χ1) is 11.1. The van der Waals surface area contributed by atoms with Gasteiger partial charge in [-0.05, 0) is 12.1 Å². The highest BCUT2D eigenvalue weighted by Gasteiger charge is 2.15. The summed E-state index contributed by atoms with van der Waals surface area (Å²) in [6.45, 7) is -0.523. The van der Waals surface area contributed by atoms with E-state index in [0.717, 1.165) is 0 Å². The molecule has 0 fully saturated rings. The van der Waals surface area contributed by atoms with Gasteiger partial charge in [0.25, 0.3) is 5.91 Å². The Bertz CT molecular complexity index is 718. The number of carbonyl (C=O) groups is 3. The molecule has 8 heteroatoms. The predicted octanol–water partition coefficient (Wildman–Crippen LogP) is 1.06. The number of benzene rings is 1. The fourth-order valence-corrected chi connectivity index (χ4v) is 1.68. The summed E-state index contributed by atoms with van der Waals surface area (Å²) in [4.78, 5) is 42.6. The first-order valence-electron chi connectivity index (χ1n) is 6.52. The number of hydrogen-bond donors (Lipinski definition) is 1. The van der Waals surface area contributed by atoms with Crippen molar-refractivity contribution in [3.8, 4) is 0 Å². The Balaban J connectivity index is 1.96. The smallest absolute Gasteiger partial charge is 0.359 e. The first-order valence-corrected chi connectivity index (χ1v) is 6.52. The molecule has 2 rings (SSSR count). The maximum Gasteiger partial charge on any atom is 0.359 e. The van der Waals surface area contributed by atoms with Gasteiger partial charge in [-0.2, -0.15) is 0 Å². The number of hydrogen-bond acceptors (Lipinski definition) is 7. The van der Waals surface area contributed by atoms with Crippen LogP contribution in [-0.4, -0.2) is 41.5 Å². The third kappa shape index (κ3) is 4.34. The largest absolute Gasteiger partial charge is 0.465 e. The summed E-state index contributed by atoms with van der Waals surface area (Å²) in [5.74, 6) is -1.95. The van der Waals surface area contributed by atoms with Crippen molar-refractivity contribution in [1.82, 2.24) is 9.97 Å². The number of methoxy groups -OCH3 is 1. The van der Waals surface area contributed by atoms with Gasteiger partial charge in [0.1, 0.15) is 0 Å². The van der Waals surface area contributed by atoms with Gasteiger partial charge in [-0.1, -0.05) is 12.1 Å². The van der Waals surface area contributed by atoms with Crippen molar-refractivity contribution in [3.05, 3.63) is 54.1 Å². The zero-order valence-electron chi connectivity index (χ0n) is 12.2. The molecular formula is C15H13N3O5. The van der Waals surface area contributed by atoms with Crippen LogP contribution in [0.5, 0.6) is 0 Å². The minimum absolute atomic E-state index is 0.00439. The van der Waals surface area contributed by atoms with Crippen LogP contribution in [0.3, 0.4) is 0 Å². The molecule has 1 heterocycles. The molecule has 0 spiro atoms. The Kier molecular flexibility index (Phi) is 5.35. The number of anilines is 1. The van der Waals surface area contributed by atoms with Gasteiger partial charge in [-0.15, -0.1) is 0 Å². The minimum atomic E-state index is -0.769. The molecule has 1 amide bonds. The molecular weight excluding hydrogens is 302 g/mol. The number of nitrogens with zero attached hydrogens (tertiary/aromatic N) is 2. The summed E-state index contributed by atoms with van der Waals surface area (Å²) in [7, 11) is 1.24. The number of esters is 2. The molecule has 0 bridgehead atoms. The average Bonchev–Trinajstić information content (AvgIpc) is 2.60. The van der Waals surface area contributed by atoms with Crippen LogP contribution in [-0.2, 0) is 14.3 Å². The zero-order chi connectivity index (χ0) is 16.7. The molecule has 118 valence electrons. The van der Waals surface area contributed by atoms with Crippen molar-refractivity contribution in [2.75, 3.05) is 19.0 Å². The third-order valence-corrected chi connectivity index (χ3v) is 2.71.